The molecule has 10 atom stereocenters. The minimum absolute atomic E-state index is 0.0127. The minimum Gasteiger partial charge on any atom is -0.481 e. The van der Waals surface area contributed by atoms with Crippen LogP contribution in [0.2, 0.25) is 0 Å². The summed E-state index contributed by atoms with van der Waals surface area (Å²) in [5, 5.41) is 64.0. The number of nitrogens with one attached hydrogen (secondary N) is 8. The van der Waals surface area contributed by atoms with Crippen molar-refractivity contribution in [3.8, 4) is 0 Å². The van der Waals surface area contributed by atoms with Gasteiger partial charge in [0.2, 0.25) is 41.4 Å². The van der Waals surface area contributed by atoms with Crippen LogP contribution in [0.5, 0.6) is 0 Å². The summed E-state index contributed by atoms with van der Waals surface area (Å²) in [5.41, 5.74) is 14.8. The highest BCUT2D eigenvalue weighted by atomic mass is 32.1. The first-order valence-corrected chi connectivity index (χ1v) is 26.5. The number of fused-ring (bicyclic) bond motifs is 1. The van der Waals surface area contributed by atoms with E-state index >= 15 is 0 Å². The molecule has 0 spiro atoms. The molecular weight excluding hydrogens is 1060 g/mol. The fourth-order valence-corrected chi connectivity index (χ4v) is 8.03. The average molecular weight is 1140 g/mol. The fraction of sp³-hybridized carbons (Fsp3) is 0.453. The van der Waals surface area contributed by atoms with Gasteiger partial charge in [-0.15, -0.1) is 0 Å². The Balaban J connectivity index is 0.00000249. The Bertz CT molecular complexity index is 2560. The van der Waals surface area contributed by atoms with Gasteiger partial charge in [0.1, 0.15) is 36.3 Å². The van der Waals surface area contributed by atoms with Crippen molar-refractivity contribution in [1.29, 1.82) is 0 Å². The van der Waals surface area contributed by atoms with Gasteiger partial charge in [0.15, 0.2) is 0 Å². The van der Waals surface area contributed by atoms with Crippen LogP contribution in [0.4, 0.5) is 0 Å². The Kier molecular flexibility index (Phi) is 31.1. The van der Waals surface area contributed by atoms with Gasteiger partial charge < -0.3 is 79.2 Å². The van der Waals surface area contributed by atoms with Gasteiger partial charge in [-0.1, -0.05) is 78.9 Å². The van der Waals surface area contributed by atoms with Crippen molar-refractivity contribution in [1.82, 2.24) is 42.2 Å². The number of unbranched alkanes of at least 4 members (excludes halogenated alkanes) is 1. The molecule has 7 amide bonds. The zero-order chi connectivity index (χ0) is 59.2. The summed E-state index contributed by atoms with van der Waals surface area (Å²) in [6.45, 7) is 4.42. The Morgan fingerprint density at radius 2 is 0.975 bits per heavy atom. The van der Waals surface area contributed by atoms with Crippen molar-refractivity contribution in [2.45, 2.75) is 127 Å². The highest BCUT2D eigenvalue weighted by Crippen LogP contribution is 2.20. The maximum Gasteiger partial charge on any atom is 0.300 e. The van der Waals surface area contributed by atoms with Crippen molar-refractivity contribution >= 4 is 89.4 Å². The number of thiol groups is 2. The van der Waals surface area contributed by atoms with E-state index in [1.165, 1.54) is 13.8 Å². The molecule has 4 rings (SSSR count). The number of aliphatic carboxylic acids is 2. The number of carboxylic acids is 2. The van der Waals surface area contributed by atoms with E-state index in [0.29, 0.717) is 24.0 Å². The standard InChI is InChI=1S/C49H68N10O10S2.2C2H4O2/c1-28(61)39(25-60)56-48(68)41(27-71)58-49(69)42(29(2)62)59-44(64)36(19-11-12-20-50)53-46(66)38(23-32-24-52-35-18-10-9-17-33(32)35)55-45(65)37(22-31-15-7-4-8-16-31)54-47(67)40(26-70)57-43(63)34(51)21-30-13-5-3-6-14-30;2*1-2(3)4/h3-10,13-18,24,28-29,34,36-42,52,60-62,70-71H,11-12,19-23,25-27,50-51H2,1-2H3,(H,53,66)(H,54,67)(H,55,65)(H,56,68)(H,57,63)(H,58,69)(H,59,64);2*1H3,(H,3,4)/t28-,29?,34?,36?,37?,38?,39-,40?,41?,42?;;/m1../s1. The molecule has 24 nitrogen and oxygen atoms in total. The lowest BCUT2D eigenvalue weighted by atomic mass is 10.0. The maximum atomic E-state index is 14.6. The summed E-state index contributed by atoms with van der Waals surface area (Å²) >= 11 is 8.47. The number of H-pyrrole nitrogens is 1. The van der Waals surface area contributed by atoms with Crippen molar-refractivity contribution in [2.24, 2.45) is 11.5 Å². The molecule has 1 heterocycles. The second-order valence-corrected chi connectivity index (χ2v) is 19.0. The average Bonchev–Trinajstić information content (AvgIpc) is 3.83. The number of aromatic amines is 1. The predicted molar refractivity (Wildman–Crippen MR) is 301 cm³/mol. The highest BCUT2D eigenvalue weighted by Gasteiger charge is 2.35. The number of nitrogens with two attached hydrogens (primary N) is 2. The van der Waals surface area contributed by atoms with Gasteiger partial charge in [-0.2, -0.15) is 25.3 Å². The van der Waals surface area contributed by atoms with Crippen LogP contribution in [0.15, 0.2) is 91.1 Å². The Labute approximate surface area is 469 Å². The Morgan fingerprint density at radius 1 is 0.544 bits per heavy atom. The topological polar surface area (TPSA) is 407 Å². The van der Waals surface area contributed by atoms with E-state index in [-0.39, 0.29) is 43.7 Å². The van der Waals surface area contributed by atoms with E-state index in [1.54, 1.807) is 36.5 Å². The third kappa shape index (κ3) is 25.1. The molecule has 0 saturated heterocycles. The van der Waals surface area contributed by atoms with E-state index in [1.807, 2.05) is 54.6 Å². The molecule has 0 aliphatic carbocycles. The lowest BCUT2D eigenvalue weighted by Gasteiger charge is -2.28. The number of amides is 7. The summed E-state index contributed by atoms with van der Waals surface area (Å²) in [7, 11) is 0. The normalized spacial score (nSPS) is 14.6. The van der Waals surface area contributed by atoms with Crippen LogP contribution in [-0.4, -0.2) is 169 Å². The molecule has 1 aromatic heterocycles. The largest absolute Gasteiger partial charge is 0.481 e. The SMILES string of the molecule is CC(=O)O.CC(=O)O.CC(O)C(NC(=O)C(CCCCN)NC(=O)C(Cc1c[nH]c2ccccc12)NC(=O)C(Cc1ccccc1)NC(=O)C(CS)NC(=O)C(N)Cc1ccccc1)C(=O)NC(CS)C(=O)N[C@H](CO)[C@@H](C)O. The van der Waals surface area contributed by atoms with Crippen molar-refractivity contribution < 1.29 is 68.7 Å². The van der Waals surface area contributed by atoms with Crippen LogP contribution in [0.25, 0.3) is 10.9 Å². The van der Waals surface area contributed by atoms with E-state index in [4.69, 9.17) is 31.3 Å². The predicted octanol–water partition coefficient (Wildman–Crippen LogP) is -1.16. The second-order valence-electron chi connectivity index (χ2n) is 18.3. The third-order valence-corrected chi connectivity index (χ3v) is 12.4. The zero-order valence-corrected chi connectivity index (χ0v) is 46.3. The molecule has 79 heavy (non-hydrogen) atoms. The number of carboxylic acid groups (broad SMARTS) is 2. The van der Waals surface area contributed by atoms with Crippen LogP contribution in [-0.2, 0) is 62.4 Å². The van der Waals surface area contributed by atoms with Gasteiger partial charge in [0.05, 0.1) is 30.9 Å². The number of benzene rings is 3. The molecule has 0 saturated carbocycles. The molecule has 3 aromatic carbocycles. The molecule has 0 aliphatic heterocycles. The van der Waals surface area contributed by atoms with E-state index in [9.17, 15) is 48.9 Å². The molecule has 0 radical (unpaired) electrons. The number of hydrogen-bond acceptors (Lipinski definition) is 16. The third-order valence-electron chi connectivity index (χ3n) is 11.7. The number of hydrogen-bond donors (Lipinski definition) is 17. The van der Waals surface area contributed by atoms with Gasteiger partial charge in [-0.3, -0.25) is 43.2 Å². The summed E-state index contributed by atoms with van der Waals surface area (Å²) < 4.78 is 0. The monoisotopic (exact) mass is 1140 g/mol. The molecular formula is C53H76N10O14S2. The lowest BCUT2D eigenvalue weighted by molar-refractivity contribution is -0.136. The van der Waals surface area contributed by atoms with Crippen molar-refractivity contribution in [3.63, 3.8) is 0 Å². The van der Waals surface area contributed by atoms with Gasteiger partial charge in [-0.25, -0.2) is 0 Å². The van der Waals surface area contributed by atoms with Gasteiger partial charge in [-0.05, 0) is 68.8 Å². The first-order chi connectivity index (χ1) is 37.5. The second kappa shape index (κ2) is 36.2. The molecule has 4 aromatic rings. The Hall–Kier alpha value is -7.07. The number of aliphatic hydroxyl groups is 3. The quantitative estimate of drug-likeness (QED) is 0.0225. The van der Waals surface area contributed by atoms with Crippen molar-refractivity contribution in [3.05, 3.63) is 108 Å². The number of aliphatic hydroxyl groups excluding tert-OH is 3. The molecule has 26 heteroatoms. The van der Waals surface area contributed by atoms with Crippen molar-refractivity contribution in [2.75, 3.05) is 24.7 Å². The van der Waals surface area contributed by atoms with Gasteiger partial charge >= 0.3 is 0 Å². The van der Waals surface area contributed by atoms with Gasteiger partial charge in [0.25, 0.3) is 11.9 Å². The molecule has 8 unspecified atom stereocenters. The van der Waals surface area contributed by atoms with Crippen LogP contribution >= 0.6 is 25.3 Å². The first-order valence-electron chi connectivity index (χ1n) is 25.2. The molecule has 0 fully saturated rings. The number of carbonyl (C=O) groups excluding carboxylic acids is 7. The molecule has 0 aliphatic rings. The maximum absolute atomic E-state index is 14.6. The number of aromatic nitrogens is 1. The summed E-state index contributed by atoms with van der Waals surface area (Å²) in [6.07, 6.45) is -0.0947. The highest BCUT2D eigenvalue weighted by molar-refractivity contribution is 7.80. The fourth-order valence-electron chi connectivity index (χ4n) is 7.52. The first kappa shape index (κ1) is 68.0. The van der Waals surface area contributed by atoms with E-state index in [0.717, 1.165) is 30.3 Å². The number of carbonyl (C=O) groups is 9. The van der Waals surface area contributed by atoms with Crippen LogP contribution in [0.3, 0.4) is 0 Å². The summed E-state index contributed by atoms with van der Waals surface area (Å²) in [4.78, 5) is 118. The number of para-hydroxylation sites is 1. The summed E-state index contributed by atoms with van der Waals surface area (Å²) in [5.74, 6) is -7.63. The van der Waals surface area contributed by atoms with Crippen LogP contribution in [0.1, 0.15) is 63.6 Å². The minimum atomic E-state index is -1.65. The molecule has 17 N–H and O–H groups in total. The molecule has 0 bridgehead atoms. The lowest BCUT2D eigenvalue weighted by Crippen LogP contribution is -2.62. The van der Waals surface area contributed by atoms with E-state index in [2.05, 4.69) is 67.5 Å². The zero-order valence-electron chi connectivity index (χ0n) is 44.5. The van der Waals surface area contributed by atoms with Crippen LogP contribution < -0.4 is 48.7 Å². The van der Waals surface area contributed by atoms with Gasteiger partial charge in [0, 0.05) is 55.3 Å². The molecule has 434 valence electrons. The summed E-state index contributed by atoms with van der Waals surface area (Å²) in [6, 6.07) is 15.0. The smallest absolute Gasteiger partial charge is 0.300 e. The number of rotatable bonds is 29. The Morgan fingerprint density at radius 3 is 1.47 bits per heavy atom. The van der Waals surface area contributed by atoms with E-state index < -0.39 is 120 Å². The van der Waals surface area contributed by atoms with Crippen LogP contribution in [0, 0.1) is 0 Å².